The third-order valence-electron chi connectivity index (χ3n) is 5.34. The van der Waals surface area contributed by atoms with E-state index in [9.17, 15) is 0 Å². The Balaban J connectivity index is 1.85. The summed E-state index contributed by atoms with van der Waals surface area (Å²) in [5, 5.41) is 2.69. The van der Waals surface area contributed by atoms with E-state index in [2.05, 4.69) is 86.0 Å². The molecule has 132 valence electrons. The third kappa shape index (κ3) is 3.03. The maximum atomic E-state index is 2.40. The molecule has 0 aliphatic heterocycles. The number of rotatable bonds is 5. The molecule has 4 aromatic rings. The van der Waals surface area contributed by atoms with Crippen LogP contribution in [0.15, 0.2) is 60.7 Å². The summed E-state index contributed by atoms with van der Waals surface area (Å²) in [5.41, 5.74) is 7.88. The molecule has 0 unspecified atom stereocenters. The first-order valence-electron chi connectivity index (χ1n) is 9.78. The van der Waals surface area contributed by atoms with Crippen LogP contribution >= 0.6 is 0 Å². The van der Waals surface area contributed by atoms with E-state index in [4.69, 9.17) is 0 Å². The average molecular weight is 341 g/mol. The van der Waals surface area contributed by atoms with Crippen molar-refractivity contribution in [3.05, 3.63) is 77.4 Å². The van der Waals surface area contributed by atoms with E-state index in [1.807, 2.05) is 0 Å². The zero-order valence-corrected chi connectivity index (χ0v) is 16.0. The van der Waals surface area contributed by atoms with Crippen LogP contribution in [0.25, 0.3) is 27.5 Å². The summed E-state index contributed by atoms with van der Waals surface area (Å²) in [5.74, 6) is 0. The Hall–Kier alpha value is -2.54. The van der Waals surface area contributed by atoms with Gasteiger partial charge in [-0.15, -0.1) is 0 Å². The minimum Gasteiger partial charge on any atom is -0.309 e. The summed E-state index contributed by atoms with van der Waals surface area (Å²) in [6.07, 6.45) is 5.05. The molecule has 0 aliphatic rings. The van der Waals surface area contributed by atoms with Gasteiger partial charge in [0, 0.05) is 16.5 Å². The van der Waals surface area contributed by atoms with Crippen LogP contribution in [0.1, 0.15) is 42.9 Å². The highest BCUT2D eigenvalue weighted by Gasteiger charge is 2.12. The lowest BCUT2D eigenvalue weighted by atomic mass is 10.1. The summed E-state index contributed by atoms with van der Waals surface area (Å²) in [4.78, 5) is 0. The SMILES string of the molecule is CCCCCc1ccc(-n2c3ccc(C)cc3c3cc(C)ccc32)cc1. The van der Waals surface area contributed by atoms with E-state index in [0.717, 1.165) is 0 Å². The van der Waals surface area contributed by atoms with E-state index in [0.29, 0.717) is 0 Å². The second kappa shape index (κ2) is 6.99. The molecule has 3 aromatic carbocycles. The maximum Gasteiger partial charge on any atom is 0.0541 e. The van der Waals surface area contributed by atoms with Gasteiger partial charge in [-0.05, 0) is 68.7 Å². The minimum absolute atomic E-state index is 1.18. The zero-order chi connectivity index (χ0) is 18.1. The van der Waals surface area contributed by atoms with Gasteiger partial charge < -0.3 is 4.57 Å². The highest BCUT2D eigenvalue weighted by molar-refractivity contribution is 6.09. The topological polar surface area (TPSA) is 4.93 Å². The average Bonchev–Trinajstić information content (AvgIpc) is 2.95. The van der Waals surface area contributed by atoms with Crippen molar-refractivity contribution in [2.45, 2.75) is 46.5 Å². The molecule has 0 aliphatic carbocycles. The second-order valence-corrected chi connectivity index (χ2v) is 7.50. The molecule has 26 heavy (non-hydrogen) atoms. The number of aryl methyl sites for hydroxylation is 3. The van der Waals surface area contributed by atoms with Crippen molar-refractivity contribution >= 4 is 21.8 Å². The fourth-order valence-corrected chi connectivity index (χ4v) is 3.92. The first-order chi connectivity index (χ1) is 12.7. The molecule has 1 heteroatoms. The molecule has 0 saturated carbocycles. The van der Waals surface area contributed by atoms with Crippen molar-refractivity contribution in [1.29, 1.82) is 0 Å². The Kier molecular flexibility index (Phi) is 4.55. The third-order valence-corrected chi connectivity index (χ3v) is 5.34. The molecule has 4 rings (SSSR count). The van der Waals surface area contributed by atoms with Crippen LogP contribution < -0.4 is 0 Å². The smallest absolute Gasteiger partial charge is 0.0541 e. The number of hydrogen-bond acceptors (Lipinski definition) is 0. The maximum absolute atomic E-state index is 2.40. The molecule has 0 amide bonds. The van der Waals surface area contributed by atoms with E-state index in [-0.39, 0.29) is 0 Å². The molecule has 0 saturated heterocycles. The van der Waals surface area contributed by atoms with Gasteiger partial charge in [-0.1, -0.05) is 55.2 Å². The standard InChI is InChI=1S/C25H27N/c1-4-5-6-7-20-10-12-21(13-11-20)26-24-14-8-18(2)16-22(24)23-17-19(3)9-15-25(23)26/h8-17H,4-7H2,1-3H3. The summed E-state index contributed by atoms with van der Waals surface area (Å²) in [7, 11) is 0. The molecule has 0 spiro atoms. The number of aromatic nitrogens is 1. The second-order valence-electron chi connectivity index (χ2n) is 7.50. The number of unbranched alkanes of at least 4 members (excludes halogenated alkanes) is 2. The predicted octanol–water partition coefficient (Wildman–Crippen LogP) is 7.13. The molecule has 1 aromatic heterocycles. The van der Waals surface area contributed by atoms with Gasteiger partial charge in [0.25, 0.3) is 0 Å². The molecule has 0 N–H and O–H groups in total. The van der Waals surface area contributed by atoms with Gasteiger partial charge in [0.05, 0.1) is 11.0 Å². The van der Waals surface area contributed by atoms with Gasteiger partial charge in [0.2, 0.25) is 0 Å². The van der Waals surface area contributed by atoms with Crippen molar-refractivity contribution in [2.75, 3.05) is 0 Å². The minimum atomic E-state index is 1.18. The van der Waals surface area contributed by atoms with Crippen LogP contribution in [0.2, 0.25) is 0 Å². The van der Waals surface area contributed by atoms with Gasteiger partial charge in [-0.3, -0.25) is 0 Å². The Morgan fingerprint density at radius 2 is 1.27 bits per heavy atom. The Bertz CT molecular complexity index is 992. The quantitative estimate of drug-likeness (QED) is 0.340. The predicted molar refractivity (Wildman–Crippen MR) is 113 cm³/mol. The van der Waals surface area contributed by atoms with Crippen LogP contribution in [0.5, 0.6) is 0 Å². The highest BCUT2D eigenvalue weighted by Crippen LogP contribution is 2.33. The molecular weight excluding hydrogens is 314 g/mol. The molecule has 1 nitrogen and oxygen atoms in total. The van der Waals surface area contributed by atoms with Crippen LogP contribution in [0.3, 0.4) is 0 Å². The molecule has 1 heterocycles. The van der Waals surface area contributed by atoms with Crippen LogP contribution in [-0.2, 0) is 6.42 Å². The molecule has 0 bridgehead atoms. The molecule has 0 atom stereocenters. The van der Waals surface area contributed by atoms with Crippen molar-refractivity contribution < 1.29 is 0 Å². The zero-order valence-electron chi connectivity index (χ0n) is 16.0. The molecule has 0 radical (unpaired) electrons. The number of benzene rings is 3. The number of nitrogens with zero attached hydrogens (tertiary/aromatic N) is 1. The first-order valence-corrected chi connectivity index (χ1v) is 9.78. The Morgan fingerprint density at radius 3 is 1.81 bits per heavy atom. The number of fused-ring (bicyclic) bond motifs is 3. The normalized spacial score (nSPS) is 11.5. The largest absolute Gasteiger partial charge is 0.309 e. The Labute approximate surface area is 156 Å². The van der Waals surface area contributed by atoms with Crippen LogP contribution in [-0.4, -0.2) is 4.57 Å². The fraction of sp³-hybridized carbons (Fsp3) is 0.280. The number of hydrogen-bond donors (Lipinski definition) is 0. The summed E-state index contributed by atoms with van der Waals surface area (Å²) in [6, 6.07) is 22.7. The van der Waals surface area contributed by atoms with E-state index < -0.39 is 0 Å². The monoisotopic (exact) mass is 341 g/mol. The van der Waals surface area contributed by atoms with Gasteiger partial charge in [-0.2, -0.15) is 0 Å². The van der Waals surface area contributed by atoms with Gasteiger partial charge in [0.15, 0.2) is 0 Å². The first kappa shape index (κ1) is 16.9. The van der Waals surface area contributed by atoms with Gasteiger partial charge in [0.1, 0.15) is 0 Å². The van der Waals surface area contributed by atoms with Crippen molar-refractivity contribution in [2.24, 2.45) is 0 Å². The van der Waals surface area contributed by atoms with Crippen LogP contribution in [0.4, 0.5) is 0 Å². The molecular formula is C25H27N. The van der Waals surface area contributed by atoms with Crippen molar-refractivity contribution in [1.82, 2.24) is 4.57 Å². The summed E-state index contributed by atoms with van der Waals surface area (Å²) in [6.45, 7) is 6.60. The molecule has 0 fully saturated rings. The van der Waals surface area contributed by atoms with E-state index in [1.54, 1.807) is 0 Å². The highest BCUT2D eigenvalue weighted by atomic mass is 15.0. The Morgan fingerprint density at radius 1 is 0.692 bits per heavy atom. The van der Waals surface area contributed by atoms with E-state index >= 15 is 0 Å². The van der Waals surface area contributed by atoms with Crippen molar-refractivity contribution in [3.8, 4) is 5.69 Å². The van der Waals surface area contributed by atoms with Gasteiger partial charge in [-0.25, -0.2) is 0 Å². The lowest BCUT2D eigenvalue weighted by Gasteiger charge is -2.09. The van der Waals surface area contributed by atoms with Gasteiger partial charge >= 0.3 is 0 Å². The lowest BCUT2D eigenvalue weighted by Crippen LogP contribution is -1.95. The van der Waals surface area contributed by atoms with Crippen LogP contribution in [0, 0.1) is 13.8 Å². The summed E-state index contributed by atoms with van der Waals surface area (Å²) < 4.78 is 2.40. The lowest BCUT2D eigenvalue weighted by molar-refractivity contribution is 0.717. The van der Waals surface area contributed by atoms with E-state index in [1.165, 1.54) is 69.9 Å². The van der Waals surface area contributed by atoms with Crippen molar-refractivity contribution in [3.63, 3.8) is 0 Å². The summed E-state index contributed by atoms with van der Waals surface area (Å²) >= 11 is 0. The fourth-order valence-electron chi connectivity index (χ4n) is 3.92.